The maximum absolute atomic E-state index is 12.1. The molecule has 1 aromatic carbocycles. The molecule has 0 radical (unpaired) electrons. The van der Waals surface area contributed by atoms with E-state index in [-0.39, 0.29) is 5.78 Å². The maximum Gasteiger partial charge on any atom is 0.272 e. The second kappa shape index (κ2) is 6.68. The lowest BCUT2D eigenvalue weighted by Gasteiger charge is -2.03. The minimum atomic E-state index is 0.0712. The van der Waals surface area contributed by atoms with Crippen molar-refractivity contribution in [1.29, 1.82) is 0 Å². The molecule has 0 N–H and O–H groups in total. The fourth-order valence-electron chi connectivity index (χ4n) is 2.24. The van der Waals surface area contributed by atoms with Gasteiger partial charge in [0.2, 0.25) is 0 Å². The molecular formula is C17H20NO2S+. The molecule has 0 aliphatic heterocycles. The Balaban J connectivity index is 2.52. The second-order valence-electron chi connectivity index (χ2n) is 4.82. The van der Waals surface area contributed by atoms with Crippen LogP contribution in [0.25, 0.3) is 11.6 Å². The SMILES string of the molecule is CC[n+]1c(C)csc1C(=Cc1cccc(OC)c1)C(C)=O. The quantitative estimate of drug-likeness (QED) is 0.625. The molecule has 0 aliphatic carbocycles. The van der Waals surface area contributed by atoms with Crippen LogP contribution in [0.2, 0.25) is 0 Å². The number of Topliss-reactive ketones (excluding diaryl/α,β-unsaturated/α-hetero) is 1. The van der Waals surface area contributed by atoms with Gasteiger partial charge in [0.15, 0.2) is 11.5 Å². The molecule has 0 bridgehead atoms. The summed E-state index contributed by atoms with van der Waals surface area (Å²) in [5.41, 5.74) is 2.88. The van der Waals surface area contributed by atoms with Crippen molar-refractivity contribution in [2.24, 2.45) is 0 Å². The highest BCUT2D eigenvalue weighted by atomic mass is 32.1. The van der Waals surface area contributed by atoms with Crippen molar-refractivity contribution in [2.75, 3.05) is 7.11 Å². The molecule has 4 heteroatoms. The third-order valence-electron chi connectivity index (χ3n) is 3.34. The summed E-state index contributed by atoms with van der Waals surface area (Å²) in [6.45, 7) is 6.62. The van der Waals surface area contributed by atoms with E-state index in [1.54, 1.807) is 25.4 Å². The van der Waals surface area contributed by atoms with Gasteiger partial charge in [-0.2, -0.15) is 4.57 Å². The highest BCUT2D eigenvalue weighted by Gasteiger charge is 2.22. The molecule has 1 aromatic heterocycles. The summed E-state index contributed by atoms with van der Waals surface area (Å²) in [6.07, 6.45) is 1.93. The third kappa shape index (κ3) is 3.39. The zero-order valence-corrected chi connectivity index (χ0v) is 13.7. The molecule has 0 aliphatic rings. The van der Waals surface area contributed by atoms with Gasteiger partial charge in [0.25, 0.3) is 5.01 Å². The topological polar surface area (TPSA) is 30.2 Å². The summed E-state index contributed by atoms with van der Waals surface area (Å²) < 4.78 is 7.40. The van der Waals surface area contributed by atoms with Gasteiger partial charge in [-0.15, -0.1) is 0 Å². The zero-order valence-electron chi connectivity index (χ0n) is 12.8. The number of nitrogens with zero attached hydrogens (tertiary/aromatic N) is 1. The molecule has 3 nitrogen and oxygen atoms in total. The predicted octanol–water partition coefficient (Wildman–Crippen LogP) is 3.50. The molecular weight excluding hydrogens is 282 g/mol. The van der Waals surface area contributed by atoms with Crippen molar-refractivity contribution in [3.05, 3.63) is 45.9 Å². The molecule has 2 aromatic rings. The number of allylic oxidation sites excluding steroid dienone is 1. The molecule has 1 heterocycles. The Morgan fingerprint density at radius 2 is 2.19 bits per heavy atom. The molecule has 0 fully saturated rings. The van der Waals surface area contributed by atoms with E-state index >= 15 is 0 Å². The van der Waals surface area contributed by atoms with E-state index < -0.39 is 0 Å². The second-order valence-corrected chi connectivity index (χ2v) is 5.68. The summed E-state index contributed by atoms with van der Waals surface area (Å²) >= 11 is 1.61. The Morgan fingerprint density at radius 1 is 1.43 bits per heavy atom. The molecule has 21 heavy (non-hydrogen) atoms. The van der Waals surface area contributed by atoms with Gasteiger partial charge >= 0.3 is 0 Å². The van der Waals surface area contributed by atoms with E-state index in [0.29, 0.717) is 0 Å². The molecule has 110 valence electrons. The fraction of sp³-hybridized carbons (Fsp3) is 0.294. The van der Waals surface area contributed by atoms with Crippen molar-refractivity contribution in [3.8, 4) is 5.75 Å². The van der Waals surface area contributed by atoms with E-state index in [1.807, 2.05) is 30.3 Å². The van der Waals surface area contributed by atoms with Crippen LogP contribution in [-0.2, 0) is 11.3 Å². The predicted molar refractivity (Wildman–Crippen MR) is 86.5 cm³/mol. The van der Waals surface area contributed by atoms with Crippen LogP contribution in [0.5, 0.6) is 5.75 Å². The first-order valence-electron chi connectivity index (χ1n) is 6.91. The van der Waals surface area contributed by atoms with E-state index in [1.165, 1.54) is 5.69 Å². The number of thiazole rings is 1. The van der Waals surface area contributed by atoms with Gasteiger partial charge in [0, 0.05) is 6.92 Å². The lowest BCUT2D eigenvalue weighted by atomic mass is 10.1. The number of carbonyl (C=O) groups excluding carboxylic acids is 1. The van der Waals surface area contributed by atoms with Crippen LogP contribution in [0.4, 0.5) is 0 Å². The number of hydrogen-bond acceptors (Lipinski definition) is 3. The Morgan fingerprint density at radius 3 is 2.81 bits per heavy atom. The Hall–Kier alpha value is -1.94. The van der Waals surface area contributed by atoms with Gasteiger partial charge in [0.1, 0.15) is 17.9 Å². The first-order valence-corrected chi connectivity index (χ1v) is 7.79. The smallest absolute Gasteiger partial charge is 0.272 e. The maximum atomic E-state index is 12.1. The van der Waals surface area contributed by atoms with Crippen molar-refractivity contribution >= 4 is 28.8 Å². The van der Waals surface area contributed by atoms with Gasteiger partial charge in [-0.25, -0.2) is 0 Å². The van der Waals surface area contributed by atoms with Crippen LogP contribution < -0.4 is 9.30 Å². The van der Waals surface area contributed by atoms with Crippen molar-refractivity contribution in [3.63, 3.8) is 0 Å². The van der Waals surface area contributed by atoms with Crippen LogP contribution in [0.1, 0.15) is 30.1 Å². The minimum absolute atomic E-state index is 0.0712. The molecule has 2 rings (SSSR count). The number of methoxy groups -OCH3 is 1. The van der Waals surface area contributed by atoms with E-state index in [9.17, 15) is 4.79 Å². The highest BCUT2D eigenvalue weighted by molar-refractivity contribution is 7.10. The van der Waals surface area contributed by atoms with Crippen LogP contribution in [-0.4, -0.2) is 12.9 Å². The number of aromatic nitrogens is 1. The van der Waals surface area contributed by atoms with Gasteiger partial charge < -0.3 is 4.74 Å². The van der Waals surface area contributed by atoms with Crippen LogP contribution in [0, 0.1) is 6.92 Å². The fourth-order valence-corrected chi connectivity index (χ4v) is 3.38. The molecule has 0 unspecified atom stereocenters. The monoisotopic (exact) mass is 302 g/mol. The van der Waals surface area contributed by atoms with Crippen molar-refractivity contribution < 1.29 is 14.1 Å². The van der Waals surface area contributed by atoms with Gasteiger partial charge in [-0.3, -0.25) is 4.79 Å². The summed E-state index contributed by atoms with van der Waals surface area (Å²) in [4.78, 5) is 12.1. The molecule has 0 atom stereocenters. The first kappa shape index (κ1) is 15.4. The Kier molecular flexibility index (Phi) is 4.91. The minimum Gasteiger partial charge on any atom is -0.497 e. The van der Waals surface area contributed by atoms with Gasteiger partial charge in [-0.05, 0) is 37.6 Å². The standard InChI is InChI=1S/C17H20NO2S/c1-5-18-12(2)11-21-17(18)16(13(3)19)10-14-7-6-8-15(9-14)20-4/h6-11H,5H2,1-4H3/q+1. The lowest BCUT2D eigenvalue weighted by Crippen LogP contribution is -2.37. The average Bonchev–Trinajstić information content (AvgIpc) is 2.85. The average molecular weight is 302 g/mol. The number of ether oxygens (including phenoxy) is 1. The van der Waals surface area contributed by atoms with Crippen LogP contribution in [0.3, 0.4) is 0 Å². The molecule has 0 amide bonds. The number of rotatable bonds is 5. The first-order chi connectivity index (χ1) is 10.1. The summed E-state index contributed by atoms with van der Waals surface area (Å²) in [5.74, 6) is 0.860. The summed E-state index contributed by atoms with van der Waals surface area (Å²) in [6, 6.07) is 7.73. The Bertz CT molecular complexity index is 686. The molecule has 0 saturated heterocycles. The van der Waals surface area contributed by atoms with E-state index in [0.717, 1.165) is 28.4 Å². The number of ketones is 1. The normalized spacial score (nSPS) is 11.5. The van der Waals surface area contributed by atoms with Gasteiger partial charge in [0.05, 0.1) is 12.5 Å². The summed E-state index contributed by atoms with van der Waals surface area (Å²) in [7, 11) is 1.64. The largest absolute Gasteiger partial charge is 0.497 e. The Labute approximate surface area is 129 Å². The molecule has 0 spiro atoms. The van der Waals surface area contributed by atoms with Crippen LogP contribution >= 0.6 is 11.3 Å². The number of carbonyl (C=O) groups is 1. The summed E-state index contributed by atoms with van der Waals surface area (Å²) in [5, 5.41) is 3.09. The van der Waals surface area contributed by atoms with E-state index in [4.69, 9.17) is 4.74 Å². The van der Waals surface area contributed by atoms with Gasteiger partial charge in [-0.1, -0.05) is 23.5 Å². The van der Waals surface area contributed by atoms with Crippen molar-refractivity contribution in [2.45, 2.75) is 27.3 Å². The third-order valence-corrected chi connectivity index (χ3v) is 4.47. The van der Waals surface area contributed by atoms with Crippen molar-refractivity contribution in [1.82, 2.24) is 0 Å². The zero-order chi connectivity index (χ0) is 15.4. The number of benzene rings is 1. The number of aryl methyl sites for hydroxylation is 1. The lowest BCUT2D eigenvalue weighted by molar-refractivity contribution is -0.696. The molecule has 0 saturated carbocycles. The number of hydrogen-bond donors (Lipinski definition) is 0. The van der Waals surface area contributed by atoms with E-state index in [2.05, 4.69) is 23.8 Å². The highest BCUT2D eigenvalue weighted by Crippen LogP contribution is 2.23. The van der Waals surface area contributed by atoms with Crippen LogP contribution in [0.15, 0.2) is 29.6 Å².